The number of aliphatic imine (C=N–C) groups is 1. The molecule has 1 aromatic rings. The minimum atomic E-state index is 0. The summed E-state index contributed by atoms with van der Waals surface area (Å²) in [7, 11) is 1.92. The highest BCUT2D eigenvalue weighted by Gasteiger charge is 2.12. The molecule has 2 rings (SSSR count). The van der Waals surface area contributed by atoms with Crippen molar-refractivity contribution in [3.63, 3.8) is 0 Å². The quantitative estimate of drug-likeness (QED) is 0.219. The van der Waals surface area contributed by atoms with Gasteiger partial charge in [-0.1, -0.05) is 25.7 Å². The predicted molar refractivity (Wildman–Crippen MR) is 107 cm³/mol. The van der Waals surface area contributed by atoms with Crippen molar-refractivity contribution in [2.75, 3.05) is 19.7 Å². The second-order valence-electron chi connectivity index (χ2n) is 5.96. The van der Waals surface area contributed by atoms with Crippen molar-refractivity contribution in [3.8, 4) is 0 Å². The number of nitrogens with zero attached hydrogens (tertiary/aromatic N) is 4. The monoisotopic (exact) mass is 450 g/mol. The highest BCUT2D eigenvalue weighted by atomic mass is 127. The third-order valence-corrected chi connectivity index (χ3v) is 4.08. The molecule has 0 bridgehead atoms. The van der Waals surface area contributed by atoms with Gasteiger partial charge in [-0.3, -0.25) is 0 Å². The molecule has 8 heteroatoms. The van der Waals surface area contributed by atoms with Crippen LogP contribution in [0.15, 0.2) is 11.3 Å². The van der Waals surface area contributed by atoms with E-state index in [1.54, 1.807) is 6.33 Å². The molecule has 138 valence electrons. The first-order valence-corrected chi connectivity index (χ1v) is 8.76. The van der Waals surface area contributed by atoms with Crippen LogP contribution >= 0.6 is 24.0 Å². The first-order valence-electron chi connectivity index (χ1n) is 8.76. The molecule has 0 unspecified atom stereocenters. The Morgan fingerprint density at radius 3 is 2.67 bits per heavy atom. The summed E-state index contributed by atoms with van der Waals surface area (Å²) in [5.74, 6) is 1.64. The molecular weight excluding hydrogens is 419 g/mol. The van der Waals surface area contributed by atoms with E-state index in [1.807, 2.05) is 11.6 Å². The standard InChI is InChI=1S/C16H30N6O.HI/c1-3-17-16(19-12-15-21-20-13-22(15)2)18-10-11-23-14-8-6-4-5-7-9-14;/h13-14H,3-12H2,1-2H3,(H2,17,18,19);1H. The fourth-order valence-corrected chi connectivity index (χ4v) is 2.75. The van der Waals surface area contributed by atoms with Gasteiger partial charge in [0.2, 0.25) is 0 Å². The van der Waals surface area contributed by atoms with Gasteiger partial charge in [0.25, 0.3) is 0 Å². The van der Waals surface area contributed by atoms with Crippen LogP contribution in [-0.2, 0) is 18.3 Å². The Bertz CT molecular complexity index is 471. The molecule has 0 aromatic carbocycles. The van der Waals surface area contributed by atoms with Crippen molar-refractivity contribution in [2.45, 2.75) is 58.1 Å². The van der Waals surface area contributed by atoms with Gasteiger partial charge in [0.1, 0.15) is 12.9 Å². The van der Waals surface area contributed by atoms with E-state index < -0.39 is 0 Å². The molecule has 0 amide bonds. The van der Waals surface area contributed by atoms with Gasteiger partial charge >= 0.3 is 0 Å². The summed E-state index contributed by atoms with van der Waals surface area (Å²) < 4.78 is 7.87. The van der Waals surface area contributed by atoms with Crippen LogP contribution in [0.5, 0.6) is 0 Å². The SMILES string of the molecule is CCNC(=NCc1nncn1C)NCCOC1CCCCCC1.I. The van der Waals surface area contributed by atoms with Gasteiger partial charge < -0.3 is 19.9 Å². The van der Waals surface area contributed by atoms with Crippen LogP contribution in [-0.4, -0.2) is 46.5 Å². The zero-order valence-corrected chi connectivity index (χ0v) is 17.2. The number of halogens is 1. The molecule has 1 heterocycles. The number of guanidine groups is 1. The van der Waals surface area contributed by atoms with Crippen LogP contribution in [0.25, 0.3) is 0 Å². The van der Waals surface area contributed by atoms with Gasteiger partial charge in [0, 0.05) is 20.1 Å². The Hall–Kier alpha value is -0.900. The summed E-state index contributed by atoms with van der Waals surface area (Å²) in [5, 5.41) is 14.5. The van der Waals surface area contributed by atoms with E-state index >= 15 is 0 Å². The summed E-state index contributed by atoms with van der Waals surface area (Å²) >= 11 is 0. The zero-order chi connectivity index (χ0) is 16.3. The van der Waals surface area contributed by atoms with E-state index in [0.717, 1.165) is 31.5 Å². The average molecular weight is 450 g/mol. The minimum absolute atomic E-state index is 0. The number of hydrogen-bond acceptors (Lipinski definition) is 4. The number of nitrogens with one attached hydrogen (secondary N) is 2. The van der Waals surface area contributed by atoms with Crippen LogP contribution in [0.1, 0.15) is 51.3 Å². The normalized spacial score (nSPS) is 16.3. The minimum Gasteiger partial charge on any atom is -0.376 e. The summed E-state index contributed by atoms with van der Waals surface area (Å²) in [6.45, 7) is 4.88. The van der Waals surface area contributed by atoms with E-state index in [4.69, 9.17) is 4.74 Å². The fourth-order valence-electron chi connectivity index (χ4n) is 2.75. The number of ether oxygens (including phenoxy) is 1. The third kappa shape index (κ3) is 7.78. The molecule has 1 aliphatic rings. The van der Waals surface area contributed by atoms with Gasteiger partial charge in [-0.2, -0.15) is 0 Å². The number of rotatable bonds is 7. The summed E-state index contributed by atoms with van der Waals surface area (Å²) in [6, 6.07) is 0. The Morgan fingerprint density at radius 1 is 1.29 bits per heavy atom. The van der Waals surface area contributed by atoms with Crippen molar-refractivity contribution < 1.29 is 4.74 Å². The topological polar surface area (TPSA) is 76.4 Å². The maximum absolute atomic E-state index is 5.99. The Morgan fingerprint density at radius 2 is 2.04 bits per heavy atom. The molecule has 0 atom stereocenters. The van der Waals surface area contributed by atoms with Gasteiger partial charge in [0.05, 0.1) is 12.7 Å². The predicted octanol–water partition coefficient (Wildman–Crippen LogP) is 2.23. The molecule has 1 fully saturated rings. The van der Waals surface area contributed by atoms with Gasteiger partial charge in [-0.15, -0.1) is 34.2 Å². The lowest BCUT2D eigenvalue weighted by Gasteiger charge is -2.16. The summed E-state index contributed by atoms with van der Waals surface area (Å²) in [4.78, 5) is 4.53. The summed E-state index contributed by atoms with van der Waals surface area (Å²) in [5.41, 5.74) is 0. The molecule has 0 radical (unpaired) electrons. The van der Waals surface area contributed by atoms with E-state index in [0.29, 0.717) is 12.6 Å². The molecule has 0 aliphatic heterocycles. The van der Waals surface area contributed by atoms with Gasteiger partial charge in [0.15, 0.2) is 11.8 Å². The molecule has 2 N–H and O–H groups in total. The van der Waals surface area contributed by atoms with Crippen LogP contribution < -0.4 is 10.6 Å². The number of hydrogen-bond donors (Lipinski definition) is 2. The average Bonchev–Trinajstić information content (AvgIpc) is 2.80. The maximum atomic E-state index is 5.99. The summed E-state index contributed by atoms with van der Waals surface area (Å²) in [6.07, 6.45) is 9.87. The molecule has 0 spiro atoms. The fraction of sp³-hybridized carbons (Fsp3) is 0.812. The largest absolute Gasteiger partial charge is 0.376 e. The van der Waals surface area contributed by atoms with E-state index in [-0.39, 0.29) is 24.0 Å². The third-order valence-electron chi connectivity index (χ3n) is 4.08. The zero-order valence-electron chi connectivity index (χ0n) is 14.8. The lowest BCUT2D eigenvalue weighted by molar-refractivity contribution is 0.0468. The van der Waals surface area contributed by atoms with Gasteiger partial charge in [-0.05, 0) is 19.8 Å². The molecule has 1 aromatic heterocycles. The van der Waals surface area contributed by atoms with Crippen LogP contribution in [0.4, 0.5) is 0 Å². The number of aryl methyl sites for hydroxylation is 1. The lowest BCUT2D eigenvalue weighted by Crippen LogP contribution is -2.39. The first kappa shape index (κ1) is 21.1. The molecular formula is C16H31IN6O. The van der Waals surface area contributed by atoms with Crippen molar-refractivity contribution in [2.24, 2.45) is 12.0 Å². The molecule has 0 saturated heterocycles. The van der Waals surface area contributed by atoms with Crippen molar-refractivity contribution in [1.82, 2.24) is 25.4 Å². The second kappa shape index (κ2) is 12.5. The molecule has 7 nitrogen and oxygen atoms in total. The van der Waals surface area contributed by atoms with Crippen LogP contribution in [0.3, 0.4) is 0 Å². The first-order chi connectivity index (χ1) is 11.3. The maximum Gasteiger partial charge on any atom is 0.191 e. The Kier molecular flexibility index (Phi) is 11.0. The second-order valence-corrected chi connectivity index (χ2v) is 5.96. The van der Waals surface area contributed by atoms with Crippen LogP contribution in [0.2, 0.25) is 0 Å². The van der Waals surface area contributed by atoms with Crippen LogP contribution in [0, 0.1) is 0 Å². The molecule has 24 heavy (non-hydrogen) atoms. The molecule has 1 aliphatic carbocycles. The lowest BCUT2D eigenvalue weighted by atomic mass is 10.1. The number of aromatic nitrogens is 3. The smallest absolute Gasteiger partial charge is 0.191 e. The van der Waals surface area contributed by atoms with Crippen molar-refractivity contribution in [1.29, 1.82) is 0 Å². The highest BCUT2D eigenvalue weighted by molar-refractivity contribution is 14.0. The van der Waals surface area contributed by atoms with E-state index in [2.05, 4.69) is 32.7 Å². The Labute approximate surface area is 162 Å². The van der Waals surface area contributed by atoms with Crippen molar-refractivity contribution >= 4 is 29.9 Å². The molecule has 1 saturated carbocycles. The highest BCUT2D eigenvalue weighted by Crippen LogP contribution is 2.19. The van der Waals surface area contributed by atoms with Crippen molar-refractivity contribution in [3.05, 3.63) is 12.2 Å². The Balaban J connectivity index is 0.00000288. The van der Waals surface area contributed by atoms with E-state index in [1.165, 1.54) is 38.5 Å². The van der Waals surface area contributed by atoms with Gasteiger partial charge in [-0.25, -0.2) is 4.99 Å². The van der Waals surface area contributed by atoms with E-state index in [9.17, 15) is 0 Å².